The summed E-state index contributed by atoms with van der Waals surface area (Å²) in [5.74, 6) is 0. The van der Waals surface area contributed by atoms with Crippen molar-refractivity contribution < 1.29 is 0 Å². The molecular weight excluding hydrogens is 787 g/mol. The number of anilines is 6. The summed E-state index contributed by atoms with van der Waals surface area (Å²) >= 11 is 0. The van der Waals surface area contributed by atoms with Crippen LogP contribution < -0.4 is 9.80 Å². The molecule has 306 valence electrons. The molecule has 0 aliphatic carbocycles. The summed E-state index contributed by atoms with van der Waals surface area (Å²) in [4.78, 5) is 4.80. The maximum Gasteiger partial charge on any atom is 0.0541 e. The molecule has 0 radical (unpaired) electrons. The highest BCUT2D eigenvalue weighted by atomic mass is 15.2. The first-order valence-electron chi connectivity index (χ1n) is 22.3. The zero-order chi connectivity index (χ0) is 43.1. The van der Waals surface area contributed by atoms with Crippen LogP contribution in [0.15, 0.2) is 261 Å². The van der Waals surface area contributed by atoms with Crippen LogP contribution in [0.1, 0.15) is 0 Å². The molecule has 12 rings (SSSR count). The quantitative estimate of drug-likeness (QED) is 0.144. The first kappa shape index (κ1) is 38.0. The SMILES string of the molecule is c1ccc(-c2ccc(N(c3ccccc3)c3cc(-c4ccc5c(c4)c4ccccc4n5-c4ccc5ccccc5c4)cc(N(c4ccccc4)c4cccc5ccccc45)c3)cc2)cc1. The molecule has 0 aliphatic heterocycles. The number of rotatable bonds is 9. The molecule has 1 aromatic heterocycles. The van der Waals surface area contributed by atoms with Gasteiger partial charge in [-0.25, -0.2) is 0 Å². The van der Waals surface area contributed by atoms with Crippen molar-refractivity contribution in [3.05, 3.63) is 261 Å². The minimum atomic E-state index is 1.05. The summed E-state index contributed by atoms with van der Waals surface area (Å²) in [6.45, 7) is 0. The van der Waals surface area contributed by atoms with Crippen LogP contribution in [0.4, 0.5) is 34.1 Å². The third kappa shape index (κ3) is 6.97. The molecule has 0 unspecified atom stereocenters. The van der Waals surface area contributed by atoms with E-state index in [2.05, 4.69) is 275 Å². The van der Waals surface area contributed by atoms with Crippen molar-refractivity contribution in [2.75, 3.05) is 9.80 Å². The Kier molecular flexibility index (Phi) is 9.50. The van der Waals surface area contributed by atoms with E-state index < -0.39 is 0 Å². The molecule has 0 N–H and O–H groups in total. The summed E-state index contributed by atoms with van der Waals surface area (Å²) in [7, 11) is 0. The van der Waals surface area contributed by atoms with Crippen molar-refractivity contribution in [1.82, 2.24) is 4.57 Å². The van der Waals surface area contributed by atoms with Crippen LogP contribution in [0.5, 0.6) is 0 Å². The van der Waals surface area contributed by atoms with Gasteiger partial charge < -0.3 is 14.4 Å². The van der Waals surface area contributed by atoms with Gasteiger partial charge in [0.2, 0.25) is 0 Å². The molecule has 1 heterocycles. The summed E-state index contributed by atoms with van der Waals surface area (Å²) in [6.07, 6.45) is 0. The molecule has 3 heteroatoms. The van der Waals surface area contributed by atoms with Crippen LogP contribution in [0.3, 0.4) is 0 Å². The van der Waals surface area contributed by atoms with E-state index in [1.54, 1.807) is 0 Å². The van der Waals surface area contributed by atoms with Crippen molar-refractivity contribution in [2.45, 2.75) is 0 Å². The molecule has 0 saturated carbocycles. The Hall–Kier alpha value is -8.66. The Morgan fingerprint density at radius 2 is 0.785 bits per heavy atom. The Bertz CT molecular complexity index is 3650. The van der Waals surface area contributed by atoms with Crippen molar-refractivity contribution >= 4 is 77.5 Å². The average Bonchev–Trinajstić information content (AvgIpc) is 3.71. The average molecular weight is 830 g/mol. The van der Waals surface area contributed by atoms with Crippen LogP contribution in [0, 0.1) is 0 Å². The standard InChI is InChI=1S/C62H43N3/c1-4-17-44(18-5-1)46-31-35-53(36-32-46)63(51-23-6-2-7-24-51)55-40-50(41-56(43-55)64(52-25-8-3-9-26-52)60-30-16-22-47-20-12-13-27-57(47)60)49-34-38-62-59(42-49)58-28-14-15-29-61(58)65(62)54-37-33-45-19-10-11-21-48(45)39-54/h1-43H. The molecule has 0 amide bonds. The lowest BCUT2D eigenvalue weighted by Gasteiger charge is -2.31. The van der Waals surface area contributed by atoms with E-state index in [1.807, 2.05) is 0 Å². The number of fused-ring (bicyclic) bond motifs is 5. The molecule has 11 aromatic carbocycles. The smallest absolute Gasteiger partial charge is 0.0541 e. The number of aromatic nitrogens is 1. The molecule has 0 spiro atoms. The zero-order valence-electron chi connectivity index (χ0n) is 35.7. The van der Waals surface area contributed by atoms with Gasteiger partial charge in [0.05, 0.1) is 16.7 Å². The number of nitrogens with zero attached hydrogens (tertiary/aromatic N) is 3. The summed E-state index contributed by atoms with van der Waals surface area (Å²) in [6, 6.07) is 94.6. The Labute approximate surface area is 378 Å². The monoisotopic (exact) mass is 829 g/mol. The van der Waals surface area contributed by atoms with Crippen LogP contribution in [-0.2, 0) is 0 Å². The minimum absolute atomic E-state index is 1.05. The van der Waals surface area contributed by atoms with Gasteiger partial charge >= 0.3 is 0 Å². The molecule has 65 heavy (non-hydrogen) atoms. The third-order valence-corrected chi connectivity index (χ3v) is 12.7. The fourth-order valence-corrected chi connectivity index (χ4v) is 9.63. The second-order valence-electron chi connectivity index (χ2n) is 16.6. The maximum absolute atomic E-state index is 2.42. The highest BCUT2D eigenvalue weighted by Gasteiger charge is 2.22. The van der Waals surface area contributed by atoms with E-state index in [9.17, 15) is 0 Å². The number of para-hydroxylation sites is 3. The highest BCUT2D eigenvalue weighted by Crippen LogP contribution is 2.46. The molecule has 0 fully saturated rings. The van der Waals surface area contributed by atoms with Crippen molar-refractivity contribution in [3.63, 3.8) is 0 Å². The fourth-order valence-electron chi connectivity index (χ4n) is 9.63. The van der Waals surface area contributed by atoms with Gasteiger partial charge in [-0.05, 0) is 129 Å². The van der Waals surface area contributed by atoms with Crippen molar-refractivity contribution in [1.29, 1.82) is 0 Å². The second-order valence-corrected chi connectivity index (χ2v) is 16.6. The van der Waals surface area contributed by atoms with Crippen LogP contribution in [-0.4, -0.2) is 4.57 Å². The number of hydrogen-bond acceptors (Lipinski definition) is 2. The van der Waals surface area contributed by atoms with E-state index in [-0.39, 0.29) is 0 Å². The zero-order valence-corrected chi connectivity index (χ0v) is 35.7. The molecule has 12 aromatic rings. The molecular formula is C62H43N3. The molecule has 0 atom stereocenters. The largest absolute Gasteiger partial charge is 0.310 e. The van der Waals surface area contributed by atoms with Gasteiger partial charge in [-0.15, -0.1) is 0 Å². The van der Waals surface area contributed by atoms with E-state index in [0.29, 0.717) is 0 Å². The van der Waals surface area contributed by atoms with Crippen LogP contribution >= 0.6 is 0 Å². The highest BCUT2D eigenvalue weighted by molar-refractivity contribution is 6.11. The van der Waals surface area contributed by atoms with E-state index in [1.165, 1.54) is 54.5 Å². The minimum Gasteiger partial charge on any atom is -0.310 e. The lowest BCUT2D eigenvalue weighted by Crippen LogP contribution is -2.14. The fraction of sp³-hybridized carbons (Fsp3) is 0. The lowest BCUT2D eigenvalue weighted by atomic mass is 9.99. The summed E-state index contributed by atoms with van der Waals surface area (Å²) in [5.41, 5.74) is 14.6. The molecule has 0 saturated heterocycles. The van der Waals surface area contributed by atoms with Gasteiger partial charge in [-0.3, -0.25) is 0 Å². The topological polar surface area (TPSA) is 11.4 Å². The maximum atomic E-state index is 2.42. The third-order valence-electron chi connectivity index (χ3n) is 12.7. The Morgan fingerprint density at radius 1 is 0.246 bits per heavy atom. The van der Waals surface area contributed by atoms with Crippen molar-refractivity contribution in [3.8, 4) is 27.9 Å². The molecule has 3 nitrogen and oxygen atoms in total. The predicted molar refractivity (Wildman–Crippen MR) is 276 cm³/mol. The first-order chi connectivity index (χ1) is 32.2. The predicted octanol–water partition coefficient (Wildman–Crippen LogP) is 17.4. The normalized spacial score (nSPS) is 11.4. The summed E-state index contributed by atoms with van der Waals surface area (Å²) in [5, 5.41) is 7.28. The van der Waals surface area contributed by atoms with Gasteiger partial charge in [0, 0.05) is 50.3 Å². The lowest BCUT2D eigenvalue weighted by molar-refractivity contribution is 1.19. The van der Waals surface area contributed by atoms with Crippen molar-refractivity contribution in [2.24, 2.45) is 0 Å². The van der Waals surface area contributed by atoms with Gasteiger partial charge in [-0.2, -0.15) is 0 Å². The van der Waals surface area contributed by atoms with Gasteiger partial charge in [0.15, 0.2) is 0 Å². The van der Waals surface area contributed by atoms with E-state index >= 15 is 0 Å². The molecule has 0 bridgehead atoms. The van der Waals surface area contributed by atoms with Crippen LogP contribution in [0.25, 0.3) is 71.3 Å². The van der Waals surface area contributed by atoms with Gasteiger partial charge in [0.25, 0.3) is 0 Å². The van der Waals surface area contributed by atoms with E-state index in [0.717, 1.165) is 50.9 Å². The number of hydrogen-bond donors (Lipinski definition) is 0. The second kappa shape index (κ2) is 16.2. The summed E-state index contributed by atoms with van der Waals surface area (Å²) < 4.78 is 2.41. The Morgan fingerprint density at radius 3 is 1.54 bits per heavy atom. The number of benzene rings is 11. The Balaban J connectivity index is 1.10. The first-order valence-corrected chi connectivity index (χ1v) is 22.3. The van der Waals surface area contributed by atoms with Gasteiger partial charge in [-0.1, -0.05) is 170 Å². The van der Waals surface area contributed by atoms with Crippen LogP contribution in [0.2, 0.25) is 0 Å². The van der Waals surface area contributed by atoms with E-state index in [4.69, 9.17) is 0 Å². The molecule has 0 aliphatic rings. The van der Waals surface area contributed by atoms with Gasteiger partial charge in [0.1, 0.15) is 0 Å².